The summed E-state index contributed by atoms with van der Waals surface area (Å²) in [6.07, 6.45) is 1.80. The summed E-state index contributed by atoms with van der Waals surface area (Å²) in [5.74, 6) is -0.875. The summed E-state index contributed by atoms with van der Waals surface area (Å²) in [6.45, 7) is 3.04. The molecule has 0 bridgehead atoms. The maximum absolute atomic E-state index is 13.1. The molecule has 0 aliphatic carbocycles. The van der Waals surface area contributed by atoms with E-state index >= 15 is 0 Å². The summed E-state index contributed by atoms with van der Waals surface area (Å²) in [4.78, 5) is 0. The van der Waals surface area contributed by atoms with Crippen molar-refractivity contribution < 1.29 is 9.50 Å². The number of nitrogens with zero attached hydrogens (tertiary/aromatic N) is 2. The lowest BCUT2D eigenvalue weighted by atomic mass is 10.2. The molecule has 2 N–H and O–H groups in total. The van der Waals surface area contributed by atoms with Crippen LogP contribution in [0.4, 0.5) is 4.39 Å². The molecule has 1 aromatic carbocycles. The Hall–Kier alpha value is -1.88. The molecule has 2 aromatic rings. The van der Waals surface area contributed by atoms with E-state index in [1.54, 1.807) is 23.0 Å². The van der Waals surface area contributed by atoms with Crippen molar-refractivity contribution in [2.24, 2.45) is 7.05 Å². The first-order valence-electron chi connectivity index (χ1n) is 5.74. The Morgan fingerprint density at radius 2 is 2.06 bits per heavy atom. The van der Waals surface area contributed by atoms with E-state index in [0.29, 0.717) is 18.7 Å². The van der Waals surface area contributed by atoms with E-state index in [1.807, 2.05) is 14.0 Å². The molecule has 4 nitrogen and oxygen atoms in total. The standard InChI is InChI=1S/C13H16FN3O/c1-9-11(8-16-17(9)2)7-15-6-10-4-3-5-12(14)13(10)18/h3-5,8,15,18H,6-7H2,1-2H3. The van der Waals surface area contributed by atoms with E-state index < -0.39 is 5.82 Å². The number of nitrogens with one attached hydrogen (secondary N) is 1. The van der Waals surface area contributed by atoms with Crippen molar-refractivity contribution >= 4 is 0 Å². The summed E-state index contributed by atoms with van der Waals surface area (Å²) in [5.41, 5.74) is 2.73. The van der Waals surface area contributed by atoms with Gasteiger partial charge < -0.3 is 10.4 Å². The minimum atomic E-state index is -0.591. The van der Waals surface area contributed by atoms with Crippen molar-refractivity contribution in [2.45, 2.75) is 20.0 Å². The smallest absolute Gasteiger partial charge is 0.165 e. The van der Waals surface area contributed by atoms with Crippen LogP contribution in [0.5, 0.6) is 5.75 Å². The second-order valence-electron chi connectivity index (χ2n) is 4.23. The van der Waals surface area contributed by atoms with E-state index in [0.717, 1.165) is 11.3 Å². The van der Waals surface area contributed by atoms with Gasteiger partial charge in [0.05, 0.1) is 6.20 Å². The molecule has 0 aliphatic rings. The van der Waals surface area contributed by atoms with Crippen molar-refractivity contribution in [3.8, 4) is 5.75 Å². The molecule has 0 spiro atoms. The van der Waals surface area contributed by atoms with E-state index in [1.165, 1.54) is 6.07 Å². The van der Waals surface area contributed by atoms with Crippen molar-refractivity contribution in [3.63, 3.8) is 0 Å². The van der Waals surface area contributed by atoms with E-state index in [-0.39, 0.29) is 5.75 Å². The minimum absolute atomic E-state index is 0.284. The molecule has 18 heavy (non-hydrogen) atoms. The van der Waals surface area contributed by atoms with Crippen LogP contribution >= 0.6 is 0 Å². The molecule has 0 fully saturated rings. The molecule has 2 rings (SSSR count). The van der Waals surface area contributed by atoms with Crippen LogP contribution in [0.15, 0.2) is 24.4 Å². The molecule has 0 amide bonds. The van der Waals surface area contributed by atoms with Gasteiger partial charge in [0.25, 0.3) is 0 Å². The summed E-state index contributed by atoms with van der Waals surface area (Å²) >= 11 is 0. The number of phenolic OH excluding ortho intramolecular Hbond substituents is 1. The average molecular weight is 249 g/mol. The molecule has 0 radical (unpaired) electrons. The number of benzene rings is 1. The Bertz CT molecular complexity index is 551. The first-order chi connectivity index (χ1) is 8.59. The lowest BCUT2D eigenvalue weighted by Crippen LogP contribution is -2.13. The van der Waals surface area contributed by atoms with Gasteiger partial charge in [-0.2, -0.15) is 5.10 Å². The number of rotatable bonds is 4. The Balaban J connectivity index is 1.97. The third-order valence-corrected chi connectivity index (χ3v) is 3.04. The van der Waals surface area contributed by atoms with Gasteiger partial charge in [-0.1, -0.05) is 12.1 Å². The molecule has 1 aromatic heterocycles. The normalized spacial score (nSPS) is 10.8. The van der Waals surface area contributed by atoms with Gasteiger partial charge in [0, 0.05) is 37.0 Å². The molecule has 0 saturated heterocycles. The number of para-hydroxylation sites is 1. The van der Waals surface area contributed by atoms with Gasteiger partial charge in [-0.3, -0.25) is 4.68 Å². The maximum Gasteiger partial charge on any atom is 0.165 e. The number of halogens is 1. The Labute approximate surface area is 105 Å². The number of aromatic nitrogens is 2. The van der Waals surface area contributed by atoms with Gasteiger partial charge in [-0.15, -0.1) is 0 Å². The second-order valence-corrected chi connectivity index (χ2v) is 4.23. The second kappa shape index (κ2) is 5.18. The lowest BCUT2D eigenvalue weighted by Gasteiger charge is -2.07. The fourth-order valence-electron chi connectivity index (χ4n) is 1.75. The number of phenols is 1. The highest BCUT2D eigenvalue weighted by molar-refractivity contribution is 5.33. The molecule has 0 aliphatic heterocycles. The van der Waals surface area contributed by atoms with E-state index in [2.05, 4.69) is 10.4 Å². The van der Waals surface area contributed by atoms with E-state index in [9.17, 15) is 9.50 Å². The Morgan fingerprint density at radius 1 is 1.33 bits per heavy atom. The maximum atomic E-state index is 13.1. The van der Waals surface area contributed by atoms with Crippen LogP contribution in [0, 0.1) is 12.7 Å². The molecule has 0 atom stereocenters. The quantitative estimate of drug-likeness (QED) is 0.869. The van der Waals surface area contributed by atoms with Crippen molar-refractivity contribution in [1.29, 1.82) is 0 Å². The van der Waals surface area contributed by atoms with Gasteiger partial charge in [0.1, 0.15) is 0 Å². The predicted octanol–water partition coefficient (Wildman–Crippen LogP) is 1.86. The minimum Gasteiger partial charge on any atom is -0.505 e. The molecule has 0 saturated carbocycles. The van der Waals surface area contributed by atoms with Crippen molar-refractivity contribution in [1.82, 2.24) is 15.1 Å². The fourth-order valence-corrected chi connectivity index (χ4v) is 1.75. The Kier molecular flexibility index (Phi) is 3.62. The molecule has 1 heterocycles. The summed E-state index contributed by atoms with van der Waals surface area (Å²) in [7, 11) is 1.89. The SMILES string of the molecule is Cc1c(CNCc2cccc(F)c2O)cnn1C. The summed E-state index contributed by atoms with van der Waals surface area (Å²) in [5, 5.41) is 16.8. The zero-order valence-corrected chi connectivity index (χ0v) is 10.4. The van der Waals surface area contributed by atoms with Crippen LogP contribution in [-0.4, -0.2) is 14.9 Å². The zero-order chi connectivity index (χ0) is 13.1. The number of aryl methyl sites for hydroxylation is 1. The first kappa shape index (κ1) is 12.6. The van der Waals surface area contributed by atoms with Crippen LogP contribution in [0.25, 0.3) is 0 Å². The predicted molar refractivity (Wildman–Crippen MR) is 66.6 cm³/mol. The van der Waals surface area contributed by atoms with Crippen LogP contribution in [0.1, 0.15) is 16.8 Å². The molecule has 5 heteroatoms. The third kappa shape index (κ3) is 2.51. The summed E-state index contributed by atoms with van der Waals surface area (Å²) < 4.78 is 14.9. The van der Waals surface area contributed by atoms with Crippen LogP contribution < -0.4 is 5.32 Å². The van der Waals surface area contributed by atoms with Crippen molar-refractivity contribution in [2.75, 3.05) is 0 Å². The van der Waals surface area contributed by atoms with Crippen LogP contribution in [-0.2, 0) is 20.1 Å². The molecule has 96 valence electrons. The fraction of sp³-hybridized carbons (Fsp3) is 0.308. The molecular weight excluding hydrogens is 233 g/mol. The zero-order valence-electron chi connectivity index (χ0n) is 10.4. The Morgan fingerprint density at radius 3 is 2.72 bits per heavy atom. The summed E-state index contributed by atoms with van der Waals surface area (Å²) in [6, 6.07) is 4.52. The average Bonchev–Trinajstić information content (AvgIpc) is 2.66. The van der Waals surface area contributed by atoms with Gasteiger partial charge in [-0.25, -0.2) is 4.39 Å². The molecule has 0 unspecified atom stereocenters. The largest absolute Gasteiger partial charge is 0.505 e. The highest BCUT2D eigenvalue weighted by atomic mass is 19.1. The van der Waals surface area contributed by atoms with Crippen LogP contribution in [0.2, 0.25) is 0 Å². The van der Waals surface area contributed by atoms with Gasteiger partial charge in [0.15, 0.2) is 11.6 Å². The monoisotopic (exact) mass is 249 g/mol. The van der Waals surface area contributed by atoms with Gasteiger partial charge >= 0.3 is 0 Å². The number of aromatic hydroxyl groups is 1. The van der Waals surface area contributed by atoms with Gasteiger partial charge in [-0.05, 0) is 13.0 Å². The van der Waals surface area contributed by atoms with Crippen molar-refractivity contribution in [3.05, 3.63) is 47.0 Å². The third-order valence-electron chi connectivity index (χ3n) is 3.04. The topological polar surface area (TPSA) is 50.1 Å². The van der Waals surface area contributed by atoms with Crippen LogP contribution in [0.3, 0.4) is 0 Å². The van der Waals surface area contributed by atoms with Gasteiger partial charge in [0.2, 0.25) is 0 Å². The lowest BCUT2D eigenvalue weighted by molar-refractivity contribution is 0.423. The number of hydrogen-bond acceptors (Lipinski definition) is 3. The highest BCUT2D eigenvalue weighted by Crippen LogP contribution is 2.20. The van der Waals surface area contributed by atoms with E-state index in [4.69, 9.17) is 0 Å². The number of hydrogen-bond donors (Lipinski definition) is 2. The first-order valence-corrected chi connectivity index (χ1v) is 5.74. The molecular formula is C13H16FN3O. The highest BCUT2D eigenvalue weighted by Gasteiger charge is 2.07.